The van der Waals surface area contributed by atoms with E-state index in [1.54, 1.807) is 6.07 Å². The fraction of sp³-hybridized carbons (Fsp3) is 0.267. The van der Waals surface area contributed by atoms with Gasteiger partial charge in [0.2, 0.25) is 0 Å². The normalized spacial score (nSPS) is 12.9. The highest BCUT2D eigenvalue weighted by Crippen LogP contribution is 2.32. The molecule has 5 nitrogen and oxygen atoms in total. The topological polar surface area (TPSA) is 72.6 Å². The van der Waals surface area contributed by atoms with Crippen molar-refractivity contribution in [3.05, 3.63) is 119 Å². The second-order valence-electron chi connectivity index (χ2n) is 9.40. The molecule has 35 heavy (non-hydrogen) atoms. The maximum Gasteiger partial charge on any atom is 0.304 e. The van der Waals surface area contributed by atoms with Crippen LogP contribution < -0.4 is 4.74 Å². The monoisotopic (exact) mass is 469 g/mol. The Balaban J connectivity index is 1.63. The highest BCUT2D eigenvalue weighted by molar-refractivity contribution is 5.68. The van der Waals surface area contributed by atoms with Crippen LogP contribution in [-0.2, 0) is 11.2 Å². The number of aromatic nitrogens is 1. The summed E-state index contributed by atoms with van der Waals surface area (Å²) in [6, 6.07) is 26.3. The Morgan fingerprint density at radius 1 is 0.943 bits per heavy atom. The van der Waals surface area contributed by atoms with Crippen LogP contribution in [0.3, 0.4) is 0 Å². The zero-order valence-electron chi connectivity index (χ0n) is 20.3. The van der Waals surface area contributed by atoms with Crippen molar-refractivity contribution in [3.63, 3.8) is 0 Å². The Bertz CT molecular complexity index is 1230. The largest absolute Gasteiger partial charge is 0.481 e. The van der Waals surface area contributed by atoms with E-state index in [2.05, 4.69) is 74.5 Å². The molecule has 1 aromatic heterocycles. The molecule has 4 aromatic rings. The van der Waals surface area contributed by atoms with Gasteiger partial charge in [0.15, 0.2) is 0 Å². The van der Waals surface area contributed by atoms with E-state index in [0.717, 1.165) is 23.1 Å². The second-order valence-corrected chi connectivity index (χ2v) is 9.40. The Labute approximate surface area is 206 Å². The number of carbonyl (C=O) groups is 1. The van der Waals surface area contributed by atoms with Crippen molar-refractivity contribution in [3.8, 4) is 5.75 Å². The van der Waals surface area contributed by atoms with Crippen LogP contribution in [0.4, 0.5) is 0 Å². The van der Waals surface area contributed by atoms with Crippen molar-refractivity contribution < 1.29 is 19.2 Å². The maximum absolute atomic E-state index is 11.4. The summed E-state index contributed by atoms with van der Waals surface area (Å²) >= 11 is 0. The Morgan fingerprint density at radius 3 is 2.29 bits per heavy atom. The van der Waals surface area contributed by atoms with Gasteiger partial charge in [0, 0.05) is 12.0 Å². The molecule has 0 bridgehead atoms. The number of aryl methyl sites for hydroxylation is 1. The highest BCUT2D eigenvalue weighted by atomic mass is 16.5. The number of rotatable bonds is 10. The highest BCUT2D eigenvalue weighted by Gasteiger charge is 2.22. The predicted octanol–water partition coefficient (Wildman–Crippen LogP) is 6.96. The second kappa shape index (κ2) is 11.0. The molecule has 1 N–H and O–H groups in total. The average Bonchev–Trinajstić information content (AvgIpc) is 3.37. The van der Waals surface area contributed by atoms with E-state index in [-0.39, 0.29) is 18.4 Å². The number of carboxylic acids is 1. The minimum absolute atomic E-state index is 0.0681. The summed E-state index contributed by atoms with van der Waals surface area (Å²) in [5.41, 5.74) is 6.11. The summed E-state index contributed by atoms with van der Waals surface area (Å²) in [6.45, 7) is 6.52. The number of ether oxygens (including phenoxy) is 1. The van der Waals surface area contributed by atoms with Crippen molar-refractivity contribution in [2.45, 2.75) is 45.6 Å². The maximum atomic E-state index is 11.4. The predicted molar refractivity (Wildman–Crippen MR) is 136 cm³/mol. The molecule has 2 atom stereocenters. The molecule has 180 valence electrons. The minimum Gasteiger partial charge on any atom is -0.481 e. The van der Waals surface area contributed by atoms with Crippen LogP contribution in [0.5, 0.6) is 5.75 Å². The molecule has 0 saturated carbocycles. The van der Waals surface area contributed by atoms with Gasteiger partial charge in [0.1, 0.15) is 18.1 Å². The fourth-order valence-corrected chi connectivity index (χ4v) is 4.31. The fourth-order valence-electron chi connectivity index (χ4n) is 4.31. The first kappa shape index (κ1) is 24.3. The number of carboxylic acid groups (broad SMARTS) is 1. The lowest BCUT2D eigenvalue weighted by atomic mass is 9.92. The third-order valence-corrected chi connectivity index (χ3v) is 6.01. The van der Waals surface area contributed by atoms with Crippen LogP contribution in [-0.4, -0.2) is 16.2 Å². The van der Waals surface area contributed by atoms with Crippen molar-refractivity contribution in [1.82, 2.24) is 5.16 Å². The summed E-state index contributed by atoms with van der Waals surface area (Å²) in [6.07, 6.45) is 2.14. The molecule has 0 aliphatic heterocycles. The van der Waals surface area contributed by atoms with Crippen molar-refractivity contribution in [1.29, 1.82) is 0 Å². The van der Waals surface area contributed by atoms with Gasteiger partial charge >= 0.3 is 5.97 Å². The molecule has 0 aliphatic carbocycles. The summed E-state index contributed by atoms with van der Waals surface area (Å²) in [5, 5.41) is 13.3. The van der Waals surface area contributed by atoms with Crippen LogP contribution >= 0.6 is 0 Å². The number of hydrogen-bond acceptors (Lipinski definition) is 4. The van der Waals surface area contributed by atoms with Gasteiger partial charge in [0.25, 0.3) is 0 Å². The zero-order chi connectivity index (χ0) is 24.8. The van der Waals surface area contributed by atoms with Gasteiger partial charge in [-0.3, -0.25) is 4.79 Å². The average molecular weight is 470 g/mol. The Morgan fingerprint density at radius 2 is 1.66 bits per heavy atom. The molecule has 0 spiro atoms. The van der Waals surface area contributed by atoms with Crippen LogP contribution in [0, 0.1) is 12.8 Å². The van der Waals surface area contributed by atoms with Gasteiger partial charge in [-0.15, -0.1) is 0 Å². The first-order valence-electron chi connectivity index (χ1n) is 11.9. The molecule has 0 amide bonds. The lowest BCUT2D eigenvalue weighted by molar-refractivity contribution is -0.137. The third kappa shape index (κ3) is 6.38. The summed E-state index contributed by atoms with van der Waals surface area (Å²) in [5.74, 6) is 0.00256. The lowest BCUT2D eigenvalue weighted by Gasteiger charge is -2.22. The lowest BCUT2D eigenvalue weighted by Crippen LogP contribution is -2.11. The van der Waals surface area contributed by atoms with Gasteiger partial charge in [-0.2, -0.15) is 0 Å². The van der Waals surface area contributed by atoms with Crippen LogP contribution in [0.15, 0.2) is 89.6 Å². The molecule has 3 aromatic carbocycles. The van der Waals surface area contributed by atoms with Crippen molar-refractivity contribution >= 4 is 5.97 Å². The van der Waals surface area contributed by atoms with E-state index in [4.69, 9.17) is 9.26 Å². The molecule has 0 fully saturated rings. The number of aliphatic carboxylic acids is 1. The molecule has 1 heterocycles. The molecule has 0 aliphatic rings. The summed E-state index contributed by atoms with van der Waals surface area (Å²) < 4.78 is 11.5. The van der Waals surface area contributed by atoms with Gasteiger partial charge in [-0.05, 0) is 53.6 Å². The molecular formula is C30H31NO4. The van der Waals surface area contributed by atoms with E-state index in [1.165, 1.54) is 17.4 Å². The van der Waals surface area contributed by atoms with Crippen LogP contribution in [0.2, 0.25) is 0 Å². The van der Waals surface area contributed by atoms with E-state index >= 15 is 0 Å². The molecule has 0 saturated heterocycles. The molecule has 5 heteroatoms. The quantitative estimate of drug-likeness (QED) is 0.272. The third-order valence-electron chi connectivity index (χ3n) is 6.01. The van der Waals surface area contributed by atoms with E-state index < -0.39 is 5.97 Å². The van der Waals surface area contributed by atoms with Crippen molar-refractivity contribution in [2.75, 3.05) is 0 Å². The smallest absolute Gasteiger partial charge is 0.304 e. The number of nitrogens with zero attached hydrogens (tertiary/aromatic N) is 1. The van der Waals surface area contributed by atoms with Crippen LogP contribution in [0.25, 0.3) is 0 Å². The van der Waals surface area contributed by atoms with E-state index in [9.17, 15) is 9.90 Å². The molecule has 0 radical (unpaired) electrons. The minimum atomic E-state index is -0.890. The standard InChI is InChI=1S/C30H31NO4/c1-20(2)17-22-5-4-6-25(18-22)30(24-9-7-21(3)8-10-24)35-26-13-11-23(12-14-26)27(19-29(32)33)28-15-16-34-31-28/h4-16,18,20,27,30H,17,19H2,1-3H3,(H,32,33)/t27?,30-/m0/s1. The molecule has 1 unspecified atom stereocenters. The zero-order valence-corrected chi connectivity index (χ0v) is 20.3. The van der Waals surface area contributed by atoms with Gasteiger partial charge < -0.3 is 14.4 Å². The SMILES string of the molecule is Cc1ccc([C@H](Oc2ccc(C(CC(=O)O)c3ccon3)cc2)c2cccc(CC(C)C)c2)cc1. The Kier molecular flexibility index (Phi) is 7.66. The van der Waals surface area contributed by atoms with Gasteiger partial charge in [-0.1, -0.05) is 85.2 Å². The Hall–Kier alpha value is -3.86. The van der Waals surface area contributed by atoms with Crippen molar-refractivity contribution in [2.24, 2.45) is 5.92 Å². The van der Waals surface area contributed by atoms with Gasteiger partial charge in [-0.25, -0.2) is 0 Å². The van der Waals surface area contributed by atoms with Crippen LogP contribution in [0.1, 0.15) is 65.8 Å². The summed E-state index contributed by atoms with van der Waals surface area (Å²) in [7, 11) is 0. The molecule has 4 rings (SSSR count). The summed E-state index contributed by atoms with van der Waals surface area (Å²) in [4.78, 5) is 11.4. The number of benzene rings is 3. The van der Waals surface area contributed by atoms with Gasteiger partial charge in [0.05, 0.1) is 12.1 Å². The van der Waals surface area contributed by atoms with E-state index in [0.29, 0.717) is 17.4 Å². The number of hydrogen-bond donors (Lipinski definition) is 1. The molecular weight excluding hydrogens is 438 g/mol. The van der Waals surface area contributed by atoms with E-state index in [1.807, 2.05) is 24.3 Å². The first-order chi connectivity index (χ1) is 16.9. The first-order valence-corrected chi connectivity index (χ1v) is 11.9.